The fourth-order valence-corrected chi connectivity index (χ4v) is 6.00. The first-order chi connectivity index (χ1) is 22.9. The molecule has 0 aliphatic heterocycles. The van der Waals surface area contributed by atoms with Crippen molar-refractivity contribution < 1.29 is 14.1 Å². The summed E-state index contributed by atoms with van der Waals surface area (Å²) in [5.41, 5.74) is 0. The Balaban J connectivity index is 3.55. The van der Waals surface area contributed by atoms with E-state index in [1.54, 1.807) is 0 Å². The molecule has 0 unspecified atom stereocenters. The van der Waals surface area contributed by atoms with E-state index in [1.165, 1.54) is 141 Å². The van der Waals surface area contributed by atoms with Crippen LogP contribution in [-0.4, -0.2) is 56.6 Å². The topological polar surface area (TPSA) is 58.2 Å². The first-order valence-electron chi connectivity index (χ1n) is 20.6. The standard InChI is InChI=1S/C42H81N3O2/c1-5-7-9-11-13-15-17-19-21-23-25-27-29-31-33-35-41(46)43-37-39-45(3,4)40-38-44-42(47)36-34-32-30-28-26-24-22-20-18-16-14-12-10-8-6-2/h19-22H,5-18,23-40H2,1-4H3,(H-,43,44,46,47)/p+1/b21-19-,22-20+. The highest BCUT2D eigenvalue weighted by atomic mass is 16.2. The minimum atomic E-state index is 0.177. The molecule has 0 fully saturated rings. The predicted molar refractivity (Wildman–Crippen MR) is 207 cm³/mol. The Morgan fingerprint density at radius 1 is 0.426 bits per heavy atom. The van der Waals surface area contributed by atoms with Crippen molar-refractivity contribution in [3.05, 3.63) is 24.3 Å². The van der Waals surface area contributed by atoms with Crippen LogP contribution in [0.3, 0.4) is 0 Å². The summed E-state index contributed by atoms with van der Waals surface area (Å²) < 4.78 is 0.793. The van der Waals surface area contributed by atoms with Crippen LogP contribution in [0.5, 0.6) is 0 Å². The molecule has 2 N–H and O–H groups in total. The summed E-state index contributed by atoms with van der Waals surface area (Å²) in [4.78, 5) is 24.5. The Kier molecular flexibility index (Phi) is 34.5. The number of rotatable bonds is 36. The lowest BCUT2D eigenvalue weighted by Gasteiger charge is -2.30. The van der Waals surface area contributed by atoms with Crippen molar-refractivity contribution in [1.29, 1.82) is 0 Å². The maximum Gasteiger partial charge on any atom is 0.220 e. The zero-order chi connectivity index (χ0) is 34.5. The van der Waals surface area contributed by atoms with Crippen molar-refractivity contribution in [3.63, 3.8) is 0 Å². The van der Waals surface area contributed by atoms with Crippen LogP contribution in [0, 0.1) is 0 Å². The first kappa shape index (κ1) is 45.4. The molecule has 0 aromatic carbocycles. The molecule has 5 heteroatoms. The van der Waals surface area contributed by atoms with Gasteiger partial charge in [0.2, 0.25) is 11.8 Å². The SMILES string of the molecule is CCCCCCCC/C=C\CCCCCCCC(=O)NCC[N+](C)(C)CCNC(=O)CCCCCCC/C=C/CCCCCCCC. The summed E-state index contributed by atoms with van der Waals surface area (Å²) in [7, 11) is 4.35. The number of nitrogens with one attached hydrogen (secondary N) is 2. The molecule has 5 nitrogen and oxygen atoms in total. The molecule has 0 radical (unpaired) electrons. The third-order valence-electron chi connectivity index (χ3n) is 9.41. The molecule has 0 aliphatic rings. The largest absolute Gasteiger partial charge is 0.350 e. The van der Waals surface area contributed by atoms with E-state index in [1.807, 2.05) is 0 Å². The molecule has 276 valence electrons. The number of amides is 2. The molecule has 0 heterocycles. The highest BCUT2D eigenvalue weighted by molar-refractivity contribution is 5.76. The quantitative estimate of drug-likeness (QED) is 0.0399. The number of hydrogen-bond acceptors (Lipinski definition) is 2. The van der Waals surface area contributed by atoms with Crippen molar-refractivity contribution >= 4 is 11.8 Å². The van der Waals surface area contributed by atoms with E-state index in [9.17, 15) is 9.59 Å². The molecule has 0 rings (SSSR count). The lowest BCUT2D eigenvalue weighted by atomic mass is 10.1. The molecule has 0 spiro atoms. The average molecular weight is 661 g/mol. The molecule has 0 aromatic heterocycles. The molecular weight excluding hydrogens is 578 g/mol. The van der Waals surface area contributed by atoms with Gasteiger partial charge in [-0.2, -0.15) is 0 Å². The van der Waals surface area contributed by atoms with Gasteiger partial charge in [-0.1, -0.05) is 141 Å². The number of unbranched alkanes of at least 4 members (excludes halogenated alkanes) is 22. The summed E-state index contributed by atoms with van der Waals surface area (Å²) in [6.45, 7) is 7.69. The maximum absolute atomic E-state index is 12.3. The fraction of sp³-hybridized carbons (Fsp3) is 0.857. The van der Waals surface area contributed by atoms with E-state index in [2.05, 4.69) is 62.9 Å². The van der Waals surface area contributed by atoms with Crippen molar-refractivity contribution in [2.24, 2.45) is 0 Å². The van der Waals surface area contributed by atoms with Crippen molar-refractivity contribution in [3.8, 4) is 0 Å². The molecule has 47 heavy (non-hydrogen) atoms. The number of nitrogens with zero attached hydrogens (tertiary/aromatic N) is 1. The third-order valence-corrected chi connectivity index (χ3v) is 9.41. The maximum atomic E-state index is 12.3. The average Bonchev–Trinajstić information content (AvgIpc) is 3.04. The van der Waals surface area contributed by atoms with Crippen LogP contribution in [0.1, 0.15) is 194 Å². The fourth-order valence-electron chi connectivity index (χ4n) is 6.00. The van der Waals surface area contributed by atoms with Gasteiger partial charge in [0.1, 0.15) is 0 Å². The van der Waals surface area contributed by atoms with Crippen LogP contribution in [0.25, 0.3) is 0 Å². The predicted octanol–water partition coefficient (Wildman–Crippen LogP) is 11.4. The summed E-state index contributed by atoms with van der Waals surface area (Å²) in [5.74, 6) is 0.354. The Bertz CT molecular complexity index is 686. The van der Waals surface area contributed by atoms with E-state index in [4.69, 9.17) is 0 Å². The molecule has 0 bridgehead atoms. The Hall–Kier alpha value is -1.62. The highest BCUT2D eigenvalue weighted by Gasteiger charge is 2.15. The van der Waals surface area contributed by atoms with E-state index in [-0.39, 0.29) is 11.8 Å². The zero-order valence-corrected chi connectivity index (χ0v) is 32.2. The second-order valence-electron chi connectivity index (χ2n) is 14.8. The van der Waals surface area contributed by atoms with E-state index in [0.29, 0.717) is 25.9 Å². The molecule has 0 saturated carbocycles. The van der Waals surface area contributed by atoms with Gasteiger partial charge in [0, 0.05) is 12.8 Å². The van der Waals surface area contributed by atoms with Gasteiger partial charge in [0.25, 0.3) is 0 Å². The summed E-state index contributed by atoms with van der Waals surface area (Å²) in [5, 5.41) is 6.21. The van der Waals surface area contributed by atoms with E-state index < -0.39 is 0 Å². The third kappa shape index (κ3) is 37.1. The highest BCUT2D eigenvalue weighted by Crippen LogP contribution is 2.11. The lowest BCUT2D eigenvalue weighted by Crippen LogP contribution is -2.49. The monoisotopic (exact) mass is 661 g/mol. The van der Waals surface area contributed by atoms with Gasteiger partial charge in [0.15, 0.2) is 0 Å². The van der Waals surface area contributed by atoms with Gasteiger partial charge in [-0.25, -0.2) is 0 Å². The molecule has 0 saturated heterocycles. The Morgan fingerprint density at radius 2 is 0.702 bits per heavy atom. The second kappa shape index (κ2) is 35.7. The van der Waals surface area contributed by atoms with Gasteiger partial charge in [-0.15, -0.1) is 0 Å². The van der Waals surface area contributed by atoms with Gasteiger partial charge >= 0.3 is 0 Å². The molecule has 2 amide bonds. The van der Waals surface area contributed by atoms with Gasteiger partial charge < -0.3 is 15.1 Å². The number of allylic oxidation sites excluding steroid dienone is 4. The number of carbonyl (C=O) groups excluding carboxylic acids is 2. The second-order valence-corrected chi connectivity index (χ2v) is 14.8. The summed E-state index contributed by atoms with van der Waals surface area (Å²) >= 11 is 0. The van der Waals surface area contributed by atoms with Crippen LogP contribution in [0.2, 0.25) is 0 Å². The Morgan fingerprint density at radius 3 is 1.02 bits per heavy atom. The van der Waals surface area contributed by atoms with E-state index in [0.717, 1.165) is 43.3 Å². The minimum absolute atomic E-state index is 0.177. The van der Waals surface area contributed by atoms with Crippen molar-refractivity contribution in [1.82, 2.24) is 10.6 Å². The van der Waals surface area contributed by atoms with Crippen LogP contribution in [0.4, 0.5) is 0 Å². The normalized spacial score (nSPS) is 12.0. The Labute approximate surface area is 294 Å². The number of hydrogen-bond donors (Lipinski definition) is 2. The zero-order valence-electron chi connectivity index (χ0n) is 32.2. The summed E-state index contributed by atoms with van der Waals surface area (Å²) in [6.07, 6.45) is 43.9. The van der Waals surface area contributed by atoms with Crippen molar-refractivity contribution in [2.75, 3.05) is 40.3 Å². The van der Waals surface area contributed by atoms with Gasteiger partial charge in [0.05, 0.1) is 40.3 Å². The summed E-state index contributed by atoms with van der Waals surface area (Å²) in [6, 6.07) is 0. The molecule has 0 atom stereocenters. The molecule has 0 aliphatic carbocycles. The minimum Gasteiger partial charge on any atom is -0.350 e. The van der Waals surface area contributed by atoms with Crippen LogP contribution in [-0.2, 0) is 9.59 Å². The van der Waals surface area contributed by atoms with Crippen LogP contribution < -0.4 is 10.6 Å². The number of likely N-dealkylation sites (N-methyl/N-ethyl adjacent to an activating group) is 1. The van der Waals surface area contributed by atoms with Crippen LogP contribution in [0.15, 0.2) is 24.3 Å². The van der Waals surface area contributed by atoms with E-state index >= 15 is 0 Å². The van der Waals surface area contributed by atoms with Crippen LogP contribution >= 0.6 is 0 Å². The van der Waals surface area contributed by atoms with Crippen molar-refractivity contribution in [2.45, 2.75) is 194 Å². The number of carbonyl (C=O) groups is 2. The van der Waals surface area contributed by atoms with Gasteiger partial charge in [-0.3, -0.25) is 9.59 Å². The smallest absolute Gasteiger partial charge is 0.220 e. The van der Waals surface area contributed by atoms with Gasteiger partial charge in [-0.05, 0) is 64.2 Å². The molecule has 0 aromatic rings. The first-order valence-corrected chi connectivity index (χ1v) is 20.6. The lowest BCUT2D eigenvalue weighted by molar-refractivity contribution is -0.887. The number of quaternary nitrogens is 1. The molecular formula is C42H82N3O2+.